The molecule has 0 heterocycles. The Hall–Kier alpha value is -0.530. The van der Waals surface area contributed by atoms with Gasteiger partial charge < -0.3 is 5.11 Å². The maximum Gasteiger partial charge on any atom is 0.0922 e. The SMILES string of the molecule is CC(CF)CC=CO. The first-order valence-electron chi connectivity index (χ1n) is 2.66. The Kier molecular flexibility index (Phi) is 4.32. The van der Waals surface area contributed by atoms with Crippen LogP contribution >= 0.6 is 0 Å². The highest BCUT2D eigenvalue weighted by atomic mass is 19.1. The van der Waals surface area contributed by atoms with E-state index in [1.165, 1.54) is 0 Å². The number of allylic oxidation sites excluding steroid dienone is 1. The molecule has 0 aliphatic carbocycles. The first-order valence-corrected chi connectivity index (χ1v) is 2.66. The van der Waals surface area contributed by atoms with Crippen LogP contribution in [0.25, 0.3) is 0 Å². The van der Waals surface area contributed by atoms with Crippen LogP contribution in [0.4, 0.5) is 4.39 Å². The van der Waals surface area contributed by atoms with E-state index in [0.717, 1.165) is 6.26 Å². The monoisotopic (exact) mass is 118 g/mol. The van der Waals surface area contributed by atoms with Crippen LogP contribution in [0.3, 0.4) is 0 Å². The van der Waals surface area contributed by atoms with Crippen molar-refractivity contribution in [2.75, 3.05) is 6.67 Å². The van der Waals surface area contributed by atoms with Gasteiger partial charge in [-0.2, -0.15) is 0 Å². The molecular weight excluding hydrogens is 107 g/mol. The largest absolute Gasteiger partial charge is 0.516 e. The lowest BCUT2D eigenvalue weighted by molar-refractivity contribution is 0.382. The van der Waals surface area contributed by atoms with Gasteiger partial charge in [-0.05, 0) is 18.4 Å². The lowest BCUT2D eigenvalue weighted by atomic mass is 10.1. The Balaban J connectivity index is 3.10. The molecule has 0 radical (unpaired) electrons. The summed E-state index contributed by atoms with van der Waals surface area (Å²) in [5, 5.41) is 8.11. The van der Waals surface area contributed by atoms with E-state index in [1.54, 1.807) is 13.0 Å². The van der Waals surface area contributed by atoms with Crippen molar-refractivity contribution in [1.82, 2.24) is 0 Å². The van der Waals surface area contributed by atoms with Crippen LogP contribution < -0.4 is 0 Å². The van der Waals surface area contributed by atoms with E-state index in [1.807, 2.05) is 0 Å². The smallest absolute Gasteiger partial charge is 0.0922 e. The van der Waals surface area contributed by atoms with E-state index in [2.05, 4.69) is 0 Å². The minimum absolute atomic E-state index is 0.0402. The molecule has 0 bridgehead atoms. The fraction of sp³-hybridized carbons (Fsp3) is 0.667. The predicted octanol–water partition coefficient (Wildman–Crippen LogP) is 2.05. The summed E-state index contributed by atoms with van der Waals surface area (Å²) < 4.78 is 11.6. The summed E-state index contributed by atoms with van der Waals surface area (Å²) in [6.07, 6.45) is 3.11. The number of rotatable bonds is 3. The van der Waals surface area contributed by atoms with Crippen molar-refractivity contribution in [3.63, 3.8) is 0 Å². The fourth-order valence-corrected chi connectivity index (χ4v) is 0.356. The molecule has 0 rings (SSSR count). The highest BCUT2D eigenvalue weighted by Crippen LogP contribution is 2.01. The van der Waals surface area contributed by atoms with Crippen LogP contribution in [0.1, 0.15) is 13.3 Å². The summed E-state index contributed by atoms with van der Waals surface area (Å²) in [6, 6.07) is 0. The van der Waals surface area contributed by atoms with Crippen LogP contribution in [0.2, 0.25) is 0 Å². The molecule has 0 saturated carbocycles. The number of alkyl halides is 1. The number of halogens is 1. The summed E-state index contributed by atoms with van der Waals surface area (Å²) in [5.74, 6) is 0.0402. The average Bonchev–Trinajstić information content (AvgIpc) is 1.83. The first-order chi connectivity index (χ1) is 3.81. The molecule has 0 spiro atoms. The van der Waals surface area contributed by atoms with Gasteiger partial charge in [-0.25, -0.2) is 0 Å². The van der Waals surface area contributed by atoms with Crippen molar-refractivity contribution in [3.05, 3.63) is 12.3 Å². The molecule has 0 aliphatic heterocycles. The Bertz CT molecular complexity index is 70.9. The molecule has 0 aromatic carbocycles. The Morgan fingerprint density at radius 3 is 2.75 bits per heavy atom. The molecule has 1 nitrogen and oxygen atoms in total. The zero-order valence-electron chi connectivity index (χ0n) is 4.97. The standard InChI is InChI=1S/C6H11FO/c1-6(5-7)3-2-4-8/h2,4,6,8H,3,5H2,1H3. The third-order valence-corrected chi connectivity index (χ3v) is 0.907. The number of aliphatic hydroxyl groups excluding tert-OH is 1. The van der Waals surface area contributed by atoms with E-state index < -0.39 is 0 Å². The van der Waals surface area contributed by atoms with Gasteiger partial charge in [-0.15, -0.1) is 0 Å². The maximum absolute atomic E-state index is 11.6. The Labute approximate surface area is 48.8 Å². The summed E-state index contributed by atoms with van der Waals surface area (Å²) in [6.45, 7) is 1.48. The topological polar surface area (TPSA) is 20.2 Å². The zero-order chi connectivity index (χ0) is 6.41. The van der Waals surface area contributed by atoms with Crippen molar-refractivity contribution in [1.29, 1.82) is 0 Å². The molecule has 1 unspecified atom stereocenters. The van der Waals surface area contributed by atoms with Gasteiger partial charge in [0.1, 0.15) is 0 Å². The minimum atomic E-state index is -0.315. The molecule has 0 aliphatic rings. The van der Waals surface area contributed by atoms with Gasteiger partial charge >= 0.3 is 0 Å². The summed E-state index contributed by atoms with van der Waals surface area (Å²) in [7, 11) is 0. The number of hydrogen-bond acceptors (Lipinski definition) is 1. The second-order valence-corrected chi connectivity index (χ2v) is 1.88. The van der Waals surface area contributed by atoms with Crippen LogP contribution in [0.5, 0.6) is 0 Å². The van der Waals surface area contributed by atoms with Gasteiger partial charge in [-0.1, -0.05) is 6.92 Å². The molecule has 48 valence electrons. The van der Waals surface area contributed by atoms with Gasteiger partial charge in [0.25, 0.3) is 0 Å². The van der Waals surface area contributed by atoms with Crippen molar-refractivity contribution < 1.29 is 9.50 Å². The van der Waals surface area contributed by atoms with E-state index in [4.69, 9.17) is 5.11 Å². The molecule has 0 fully saturated rings. The molecule has 0 saturated heterocycles. The van der Waals surface area contributed by atoms with Gasteiger partial charge in [0.2, 0.25) is 0 Å². The van der Waals surface area contributed by atoms with Gasteiger partial charge in [0.15, 0.2) is 0 Å². The van der Waals surface area contributed by atoms with Crippen LogP contribution in [-0.4, -0.2) is 11.8 Å². The molecule has 8 heavy (non-hydrogen) atoms. The van der Waals surface area contributed by atoms with Crippen molar-refractivity contribution in [3.8, 4) is 0 Å². The van der Waals surface area contributed by atoms with Gasteiger partial charge in [0, 0.05) is 0 Å². The van der Waals surface area contributed by atoms with Gasteiger partial charge in [0.05, 0.1) is 12.9 Å². The van der Waals surface area contributed by atoms with Crippen molar-refractivity contribution in [2.24, 2.45) is 5.92 Å². The maximum atomic E-state index is 11.6. The summed E-state index contributed by atoms with van der Waals surface area (Å²) in [4.78, 5) is 0. The van der Waals surface area contributed by atoms with E-state index in [0.29, 0.717) is 6.42 Å². The van der Waals surface area contributed by atoms with Gasteiger partial charge in [-0.3, -0.25) is 4.39 Å². The molecule has 0 aromatic rings. The van der Waals surface area contributed by atoms with E-state index in [-0.39, 0.29) is 12.6 Å². The first kappa shape index (κ1) is 7.47. The van der Waals surface area contributed by atoms with Crippen LogP contribution in [0.15, 0.2) is 12.3 Å². The highest BCUT2D eigenvalue weighted by Gasteiger charge is 1.94. The van der Waals surface area contributed by atoms with Crippen molar-refractivity contribution >= 4 is 0 Å². The Morgan fingerprint density at radius 2 is 2.38 bits per heavy atom. The molecule has 1 atom stereocenters. The normalized spacial score (nSPS) is 14.8. The molecule has 1 N–H and O–H groups in total. The molecule has 0 aromatic heterocycles. The molecular formula is C6H11FO. The number of hydrogen-bond donors (Lipinski definition) is 1. The minimum Gasteiger partial charge on any atom is -0.516 e. The summed E-state index contributed by atoms with van der Waals surface area (Å²) >= 11 is 0. The summed E-state index contributed by atoms with van der Waals surface area (Å²) in [5.41, 5.74) is 0. The zero-order valence-corrected chi connectivity index (χ0v) is 4.97. The fourth-order valence-electron chi connectivity index (χ4n) is 0.356. The number of aliphatic hydroxyl groups is 1. The second-order valence-electron chi connectivity index (χ2n) is 1.88. The molecule has 0 amide bonds. The highest BCUT2D eigenvalue weighted by molar-refractivity contribution is 4.73. The predicted molar refractivity (Wildman–Crippen MR) is 31.5 cm³/mol. The quantitative estimate of drug-likeness (QED) is 0.562. The second kappa shape index (κ2) is 4.62. The van der Waals surface area contributed by atoms with Crippen LogP contribution in [-0.2, 0) is 0 Å². The van der Waals surface area contributed by atoms with E-state index in [9.17, 15) is 4.39 Å². The van der Waals surface area contributed by atoms with Crippen LogP contribution in [0, 0.1) is 5.92 Å². The van der Waals surface area contributed by atoms with E-state index >= 15 is 0 Å². The van der Waals surface area contributed by atoms with Crippen molar-refractivity contribution in [2.45, 2.75) is 13.3 Å². The third kappa shape index (κ3) is 3.65. The third-order valence-electron chi connectivity index (χ3n) is 0.907. The lowest BCUT2D eigenvalue weighted by Crippen LogP contribution is -1.92. The Morgan fingerprint density at radius 1 is 1.75 bits per heavy atom. The lowest BCUT2D eigenvalue weighted by Gasteiger charge is -1.97. The average molecular weight is 118 g/mol. The molecule has 2 heteroatoms.